The van der Waals surface area contributed by atoms with Crippen LogP contribution < -0.4 is 20.7 Å². The van der Waals surface area contributed by atoms with Crippen LogP contribution in [-0.4, -0.2) is 24.8 Å². The zero-order chi connectivity index (χ0) is 33.2. The Balaban J connectivity index is 1.37. The number of aryl methyl sites for hydroxylation is 1. The minimum absolute atomic E-state index is 0.0559. The normalized spacial score (nSPS) is 11.7. The van der Waals surface area contributed by atoms with Gasteiger partial charge in [-0.1, -0.05) is 84.4 Å². The van der Waals surface area contributed by atoms with Gasteiger partial charge in [-0.05, 0) is 84.3 Å². The third-order valence-corrected chi connectivity index (χ3v) is 8.74. The quantitative estimate of drug-likeness (QED) is 0.0974. The van der Waals surface area contributed by atoms with Gasteiger partial charge in [-0.3, -0.25) is 14.4 Å². The van der Waals surface area contributed by atoms with Gasteiger partial charge in [-0.2, -0.15) is 0 Å². The summed E-state index contributed by atoms with van der Waals surface area (Å²) in [6.07, 6.45) is 1.60. The average molecular weight is 662 g/mol. The largest absolute Gasteiger partial charge is 0.497 e. The molecule has 5 rings (SSSR count). The molecule has 9 heteroatoms. The highest BCUT2D eigenvalue weighted by molar-refractivity contribution is 8.00. The zero-order valence-corrected chi connectivity index (χ0v) is 27.3. The fourth-order valence-electron chi connectivity index (χ4n) is 4.57. The van der Waals surface area contributed by atoms with Crippen LogP contribution in [-0.2, 0) is 9.59 Å². The first-order valence-electron chi connectivity index (χ1n) is 14.7. The smallest absolute Gasteiger partial charge is 0.272 e. The molecule has 1 atom stereocenters. The van der Waals surface area contributed by atoms with Crippen LogP contribution >= 0.6 is 23.4 Å². The lowest BCUT2D eigenvalue weighted by molar-refractivity contribution is -0.116. The number of hydrogen-bond donors (Lipinski definition) is 3. The van der Waals surface area contributed by atoms with Gasteiger partial charge in [-0.25, -0.2) is 0 Å². The van der Waals surface area contributed by atoms with Crippen LogP contribution in [0.4, 0.5) is 11.4 Å². The van der Waals surface area contributed by atoms with Crippen molar-refractivity contribution in [1.29, 1.82) is 0 Å². The van der Waals surface area contributed by atoms with E-state index >= 15 is 0 Å². The molecule has 1 unspecified atom stereocenters. The van der Waals surface area contributed by atoms with E-state index in [0.717, 1.165) is 16.0 Å². The van der Waals surface area contributed by atoms with E-state index in [1.165, 1.54) is 11.8 Å². The van der Waals surface area contributed by atoms with Gasteiger partial charge in [0, 0.05) is 26.9 Å². The molecular formula is C38H32ClN3O4S. The first-order valence-corrected chi connectivity index (χ1v) is 16.0. The molecule has 47 heavy (non-hydrogen) atoms. The summed E-state index contributed by atoms with van der Waals surface area (Å²) in [7, 11) is 1.57. The molecule has 3 amide bonds. The maximum atomic E-state index is 13.6. The number of nitrogens with one attached hydrogen (secondary N) is 3. The van der Waals surface area contributed by atoms with E-state index in [2.05, 4.69) is 16.0 Å². The first-order chi connectivity index (χ1) is 22.8. The van der Waals surface area contributed by atoms with Crippen molar-refractivity contribution >= 4 is 58.5 Å². The molecule has 3 N–H and O–H groups in total. The summed E-state index contributed by atoms with van der Waals surface area (Å²) >= 11 is 7.65. The molecule has 0 aliphatic rings. The lowest BCUT2D eigenvalue weighted by atomic mass is 10.1. The summed E-state index contributed by atoms with van der Waals surface area (Å²) < 4.78 is 5.24. The lowest BCUT2D eigenvalue weighted by Crippen LogP contribution is -2.30. The number of anilines is 2. The van der Waals surface area contributed by atoms with Crippen LogP contribution in [0.2, 0.25) is 5.02 Å². The van der Waals surface area contributed by atoms with Gasteiger partial charge in [0.05, 0.1) is 7.11 Å². The summed E-state index contributed by atoms with van der Waals surface area (Å²) in [5.41, 5.74) is 3.99. The molecule has 0 heterocycles. The number of ether oxygens (including phenoxy) is 1. The highest BCUT2D eigenvalue weighted by atomic mass is 35.5. The Bertz CT molecular complexity index is 1900. The number of hydrogen-bond acceptors (Lipinski definition) is 5. The minimum Gasteiger partial charge on any atom is -0.497 e. The molecular weight excluding hydrogens is 630 g/mol. The van der Waals surface area contributed by atoms with Gasteiger partial charge in [0.2, 0.25) is 5.91 Å². The standard InChI is InChI=1S/C38H32ClN3O4S/c1-25-16-19-30(24-33(25)39)41-38(45)35(27-10-5-3-6-11-27)47-32-15-9-14-29(23-32)40-37(44)34(22-26-17-20-31(46-2)21-18-26)42-36(43)28-12-7-4-8-13-28/h3-24,35H,1-2H3,(H,40,44)(H,41,45)(H,42,43)/b34-22+. The summed E-state index contributed by atoms with van der Waals surface area (Å²) in [5.74, 6) is -0.484. The van der Waals surface area contributed by atoms with E-state index < -0.39 is 17.1 Å². The average Bonchev–Trinajstić information content (AvgIpc) is 3.09. The van der Waals surface area contributed by atoms with E-state index in [-0.39, 0.29) is 11.6 Å². The van der Waals surface area contributed by atoms with E-state index in [1.54, 1.807) is 86.0 Å². The number of carbonyl (C=O) groups is 3. The van der Waals surface area contributed by atoms with Crippen molar-refractivity contribution in [3.63, 3.8) is 0 Å². The third-order valence-electron chi connectivity index (χ3n) is 7.08. The number of carbonyl (C=O) groups excluding carboxylic acids is 3. The predicted octanol–water partition coefficient (Wildman–Crippen LogP) is 8.54. The van der Waals surface area contributed by atoms with Gasteiger partial charge in [0.15, 0.2) is 0 Å². The topological polar surface area (TPSA) is 96.5 Å². The number of rotatable bonds is 11. The molecule has 5 aromatic carbocycles. The van der Waals surface area contributed by atoms with Gasteiger partial charge in [-0.15, -0.1) is 11.8 Å². The molecule has 7 nitrogen and oxygen atoms in total. The molecule has 0 radical (unpaired) electrons. The second-order valence-electron chi connectivity index (χ2n) is 10.5. The zero-order valence-electron chi connectivity index (χ0n) is 25.7. The van der Waals surface area contributed by atoms with Crippen LogP contribution in [0.25, 0.3) is 6.08 Å². The van der Waals surface area contributed by atoms with E-state index in [9.17, 15) is 14.4 Å². The fraction of sp³-hybridized carbons (Fsp3) is 0.0789. The highest BCUT2D eigenvalue weighted by Crippen LogP contribution is 2.37. The summed E-state index contributed by atoms with van der Waals surface area (Å²) in [6.45, 7) is 1.90. The fourth-order valence-corrected chi connectivity index (χ4v) is 5.83. The Labute approximate surface area is 283 Å². The van der Waals surface area contributed by atoms with Gasteiger partial charge < -0.3 is 20.7 Å². The summed E-state index contributed by atoms with van der Waals surface area (Å²) in [6, 6.07) is 37.9. The van der Waals surface area contributed by atoms with Crippen molar-refractivity contribution in [2.75, 3.05) is 17.7 Å². The van der Waals surface area contributed by atoms with Crippen LogP contribution in [0.5, 0.6) is 5.75 Å². The Kier molecular flexibility index (Phi) is 11.1. The monoisotopic (exact) mass is 661 g/mol. The lowest BCUT2D eigenvalue weighted by Gasteiger charge is -2.18. The molecule has 0 saturated heterocycles. The number of methoxy groups -OCH3 is 1. The van der Waals surface area contributed by atoms with Crippen molar-refractivity contribution in [3.05, 3.63) is 160 Å². The number of halogens is 1. The number of benzene rings is 5. The van der Waals surface area contributed by atoms with Crippen molar-refractivity contribution in [2.24, 2.45) is 0 Å². The summed E-state index contributed by atoms with van der Waals surface area (Å²) in [4.78, 5) is 41.0. The Hall–Kier alpha value is -5.31. The second-order valence-corrected chi connectivity index (χ2v) is 12.1. The third kappa shape index (κ3) is 9.13. The predicted molar refractivity (Wildman–Crippen MR) is 190 cm³/mol. The molecule has 0 aromatic heterocycles. The van der Waals surface area contributed by atoms with E-state index in [0.29, 0.717) is 33.3 Å². The second kappa shape index (κ2) is 15.8. The van der Waals surface area contributed by atoms with Gasteiger partial charge in [0.1, 0.15) is 16.7 Å². The molecule has 0 bridgehead atoms. The molecule has 0 fully saturated rings. The van der Waals surface area contributed by atoms with E-state index in [4.69, 9.17) is 16.3 Å². The van der Waals surface area contributed by atoms with Gasteiger partial charge >= 0.3 is 0 Å². The Morgan fingerprint density at radius 2 is 1.45 bits per heavy atom. The maximum absolute atomic E-state index is 13.6. The van der Waals surface area contributed by atoms with Crippen molar-refractivity contribution in [1.82, 2.24) is 5.32 Å². The van der Waals surface area contributed by atoms with Crippen molar-refractivity contribution < 1.29 is 19.1 Å². The van der Waals surface area contributed by atoms with Gasteiger partial charge in [0.25, 0.3) is 11.8 Å². The van der Waals surface area contributed by atoms with Crippen molar-refractivity contribution in [3.8, 4) is 5.75 Å². The molecule has 0 saturated carbocycles. The van der Waals surface area contributed by atoms with Crippen LogP contribution in [0.3, 0.4) is 0 Å². The maximum Gasteiger partial charge on any atom is 0.272 e. The highest BCUT2D eigenvalue weighted by Gasteiger charge is 2.23. The molecule has 0 spiro atoms. The molecule has 0 aliphatic heterocycles. The van der Waals surface area contributed by atoms with Crippen LogP contribution in [0.1, 0.15) is 32.3 Å². The van der Waals surface area contributed by atoms with Crippen LogP contribution in [0.15, 0.2) is 138 Å². The Morgan fingerprint density at radius 1 is 0.766 bits per heavy atom. The molecule has 236 valence electrons. The van der Waals surface area contributed by atoms with Crippen molar-refractivity contribution in [2.45, 2.75) is 17.1 Å². The minimum atomic E-state index is -0.599. The number of thioether (sulfide) groups is 1. The first kappa shape index (κ1) is 33.1. The SMILES string of the molecule is COc1ccc(/C=C(/NC(=O)c2ccccc2)C(=O)Nc2cccc(SC(C(=O)Nc3ccc(C)c(Cl)c3)c3ccccc3)c2)cc1. The summed E-state index contributed by atoms with van der Waals surface area (Å²) in [5, 5.41) is 8.61. The molecule has 0 aliphatic carbocycles. The number of amides is 3. The van der Waals surface area contributed by atoms with Crippen LogP contribution in [0, 0.1) is 6.92 Å². The Morgan fingerprint density at radius 3 is 2.13 bits per heavy atom. The van der Waals surface area contributed by atoms with E-state index in [1.807, 2.05) is 61.5 Å². The molecule has 5 aromatic rings.